The Morgan fingerprint density at radius 3 is 1.57 bits per heavy atom. The number of halogens is 1. The highest BCUT2D eigenvalue weighted by Crippen LogP contribution is 2.13. The molecular weight excluding hydrogens is 395 g/mol. The minimum Gasteiger partial charge on any atom is -0.338 e. The molecule has 1 rings (SSSR count). The molecule has 136 valence electrons. The van der Waals surface area contributed by atoms with E-state index in [1.807, 2.05) is 12.4 Å². The topological polar surface area (TPSA) is 17.8 Å². The number of unbranched alkanes of at least 4 members (excludes halogenated alkanes) is 13. The van der Waals surface area contributed by atoms with E-state index < -0.39 is 0 Å². The maximum atomic E-state index is 4.38. The Balaban J connectivity index is 0.00000484. The van der Waals surface area contributed by atoms with Crippen molar-refractivity contribution in [2.75, 3.05) is 0 Å². The van der Waals surface area contributed by atoms with Crippen LogP contribution in [0.2, 0.25) is 0 Å². The maximum absolute atomic E-state index is 4.38. The fourth-order valence-corrected chi connectivity index (χ4v) is 3.12. The van der Waals surface area contributed by atoms with Gasteiger partial charge in [-0.1, -0.05) is 90.4 Å². The van der Waals surface area contributed by atoms with Crippen LogP contribution in [0, 0.1) is 0 Å². The summed E-state index contributed by atoms with van der Waals surface area (Å²) >= 11 is 0. The van der Waals surface area contributed by atoms with Crippen LogP contribution in [-0.4, -0.2) is 9.55 Å². The molecule has 0 aromatic carbocycles. The molecule has 1 heterocycles. The van der Waals surface area contributed by atoms with Gasteiger partial charge in [-0.25, -0.2) is 4.98 Å². The second kappa shape index (κ2) is 16.8. The van der Waals surface area contributed by atoms with Crippen LogP contribution in [0.25, 0.3) is 0 Å². The lowest BCUT2D eigenvalue weighted by molar-refractivity contribution is 0.534. The molecule has 0 saturated carbocycles. The second-order valence-corrected chi connectivity index (χ2v) is 6.80. The van der Waals surface area contributed by atoms with E-state index in [0.717, 1.165) is 6.42 Å². The van der Waals surface area contributed by atoms with Gasteiger partial charge in [-0.2, -0.15) is 0 Å². The zero-order valence-electron chi connectivity index (χ0n) is 15.6. The highest BCUT2D eigenvalue weighted by molar-refractivity contribution is 14.0. The highest BCUT2D eigenvalue weighted by Gasteiger charge is 1.98. The summed E-state index contributed by atoms with van der Waals surface area (Å²) in [7, 11) is 2.09. The molecular formula is C20H39IN2. The average Bonchev–Trinajstić information content (AvgIpc) is 2.93. The SMILES string of the molecule is CCCCCCCCCCCCCCCCc1nccn1C.I. The van der Waals surface area contributed by atoms with Gasteiger partial charge in [-0.15, -0.1) is 24.0 Å². The number of aryl methyl sites for hydroxylation is 2. The monoisotopic (exact) mass is 434 g/mol. The normalized spacial score (nSPS) is 10.7. The van der Waals surface area contributed by atoms with Crippen LogP contribution >= 0.6 is 24.0 Å². The van der Waals surface area contributed by atoms with Gasteiger partial charge in [0.05, 0.1) is 0 Å². The Labute approximate surface area is 161 Å². The first kappa shape index (κ1) is 22.9. The largest absolute Gasteiger partial charge is 0.338 e. The van der Waals surface area contributed by atoms with Gasteiger partial charge in [-0.3, -0.25) is 0 Å². The standard InChI is InChI=1S/C20H38N2.HI/c1-3-4-5-6-7-8-9-10-11-12-13-14-15-16-17-20-21-18-19-22(20)2;/h18-19H,3-17H2,1-2H3;1H. The molecule has 0 aliphatic rings. The molecule has 0 aliphatic heterocycles. The van der Waals surface area contributed by atoms with Gasteiger partial charge in [0.2, 0.25) is 0 Å². The number of imidazole rings is 1. The summed E-state index contributed by atoms with van der Waals surface area (Å²) in [6.07, 6.45) is 25.0. The first-order valence-electron chi connectivity index (χ1n) is 9.80. The number of hydrogen-bond acceptors (Lipinski definition) is 1. The highest BCUT2D eigenvalue weighted by atomic mass is 127. The van der Waals surface area contributed by atoms with Crippen molar-refractivity contribution >= 4 is 24.0 Å². The van der Waals surface area contributed by atoms with Crippen molar-refractivity contribution in [3.63, 3.8) is 0 Å². The Morgan fingerprint density at radius 1 is 0.739 bits per heavy atom. The third-order valence-corrected chi connectivity index (χ3v) is 4.67. The van der Waals surface area contributed by atoms with Crippen molar-refractivity contribution in [1.29, 1.82) is 0 Å². The molecule has 2 nitrogen and oxygen atoms in total. The van der Waals surface area contributed by atoms with Gasteiger partial charge in [0, 0.05) is 25.9 Å². The molecule has 0 N–H and O–H groups in total. The lowest BCUT2D eigenvalue weighted by Gasteiger charge is -2.04. The third-order valence-electron chi connectivity index (χ3n) is 4.67. The van der Waals surface area contributed by atoms with Crippen LogP contribution in [0.3, 0.4) is 0 Å². The zero-order valence-corrected chi connectivity index (χ0v) is 17.9. The van der Waals surface area contributed by atoms with Gasteiger partial charge in [0.25, 0.3) is 0 Å². The van der Waals surface area contributed by atoms with Crippen molar-refractivity contribution in [2.45, 2.75) is 103 Å². The molecule has 1 aromatic heterocycles. The van der Waals surface area contributed by atoms with Crippen LogP contribution < -0.4 is 0 Å². The number of rotatable bonds is 15. The van der Waals surface area contributed by atoms with Crippen LogP contribution in [0.5, 0.6) is 0 Å². The van der Waals surface area contributed by atoms with E-state index in [2.05, 4.69) is 23.5 Å². The lowest BCUT2D eigenvalue weighted by Crippen LogP contribution is -1.97. The fraction of sp³-hybridized carbons (Fsp3) is 0.850. The minimum atomic E-state index is 0. The third kappa shape index (κ3) is 13.0. The first-order chi connectivity index (χ1) is 10.8. The van der Waals surface area contributed by atoms with E-state index in [9.17, 15) is 0 Å². The summed E-state index contributed by atoms with van der Waals surface area (Å²) < 4.78 is 2.14. The molecule has 0 fully saturated rings. The van der Waals surface area contributed by atoms with Gasteiger partial charge in [-0.05, 0) is 6.42 Å². The van der Waals surface area contributed by atoms with E-state index in [1.54, 1.807) is 0 Å². The Morgan fingerprint density at radius 2 is 1.17 bits per heavy atom. The molecule has 0 aliphatic carbocycles. The van der Waals surface area contributed by atoms with Crippen molar-refractivity contribution in [1.82, 2.24) is 9.55 Å². The summed E-state index contributed by atoms with van der Waals surface area (Å²) in [5, 5.41) is 0. The average molecular weight is 434 g/mol. The summed E-state index contributed by atoms with van der Waals surface area (Å²) in [6, 6.07) is 0. The van der Waals surface area contributed by atoms with Crippen LogP contribution in [0.15, 0.2) is 12.4 Å². The van der Waals surface area contributed by atoms with Crippen molar-refractivity contribution in [3.05, 3.63) is 18.2 Å². The summed E-state index contributed by atoms with van der Waals surface area (Å²) in [5.74, 6) is 1.24. The van der Waals surface area contributed by atoms with Gasteiger partial charge >= 0.3 is 0 Å². The summed E-state index contributed by atoms with van der Waals surface area (Å²) in [4.78, 5) is 4.38. The summed E-state index contributed by atoms with van der Waals surface area (Å²) in [5.41, 5.74) is 0. The van der Waals surface area contributed by atoms with Crippen LogP contribution in [0.1, 0.15) is 103 Å². The van der Waals surface area contributed by atoms with Gasteiger partial charge in [0.15, 0.2) is 0 Å². The molecule has 0 saturated heterocycles. The number of nitrogens with zero attached hydrogens (tertiary/aromatic N) is 2. The van der Waals surface area contributed by atoms with E-state index in [1.165, 1.54) is 95.7 Å². The second-order valence-electron chi connectivity index (χ2n) is 6.80. The van der Waals surface area contributed by atoms with Gasteiger partial charge < -0.3 is 4.57 Å². The predicted molar refractivity (Wildman–Crippen MR) is 113 cm³/mol. The number of aromatic nitrogens is 2. The Kier molecular flexibility index (Phi) is 16.7. The Bertz CT molecular complexity index is 349. The lowest BCUT2D eigenvalue weighted by atomic mass is 10.0. The molecule has 0 atom stereocenters. The predicted octanol–water partition coefficient (Wildman–Crippen LogP) is 7.06. The minimum absolute atomic E-state index is 0. The maximum Gasteiger partial charge on any atom is 0.108 e. The smallest absolute Gasteiger partial charge is 0.108 e. The molecule has 0 unspecified atom stereocenters. The van der Waals surface area contributed by atoms with Crippen molar-refractivity contribution < 1.29 is 0 Å². The molecule has 0 radical (unpaired) electrons. The van der Waals surface area contributed by atoms with Crippen molar-refractivity contribution in [2.24, 2.45) is 7.05 Å². The fourth-order valence-electron chi connectivity index (χ4n) is 3.12. The van der Waals surface area contributed by atoms with Crippen molar-refractivity contribution in [3.8, 4) is 0 Å². The molecule has 0 amide bonds. The number of hydrogen-bond donors (Lipinski definition) is 0. The van der Waals surface area contributed by atoms with Crippen LogP contribution in [-0.2, 0) is 13.5 Å². The van der Waals surface area contributed by atoms with E-state index in [-0.39, 0.29) is 24.0 Å². The first-order valence-corrected chi connectivity index (χ1v) is 9.80. The van der Waals surface area contributed by atoms with Crippen LogP contribution in [0.4, 0.5) is 0 Å². The summed E-state index contributed by atoms with van der Waals surface area (Å²) in [6.45, 7) is 2.29. The van der Waals surface area contributed by atoms with Gasteiger partial charge in [0.1, 0.15) is 5.82 Å². The van der Waals surface area contributed by atoms with E-state index in [0.29, 0.717) is 0 Å². The zero-order chi connectivity index (χ0) is 15.9. The molecule has 0 bridgehead atoms. The molecule has 1 aromatic rings. The molecule has 3 heteroatoms. The Hall–Kier alpha value is -0.0600. The van der Waals surface area contributed by atoms with E-state index in [4.69, 9.17) is 0 Å². The molecule has 0 spiro atoms. The quantitative estimate of drug-likeness (QED) is 0.213. The molecule has 23 heavy (non-hydrogen) atoms. The van der Waals surface area contributed by atoms with E-state index >= 15 is 0 Å².